The zero-order chi connectivity index (χ0) is 34.7. The van der Waals surface area contributed by atoms with Gasteiger partial charge in [0, 0.05) is 57.9 Å². The van der Waals surface area contributed by atoms with Crippen molar-refractivity contribution in [3.05, 3.63) is 70.8 Å². The molecule has 2 aliphatic heterocycles. The number of nitrogens with zero attached hydrogens (tertiary/aromatic N) is 4. The summed E-state index contributed by atoms with van der Waals surface area (Å²) in [6.45, 7) is 11.8. The first-order valence-corrected chi connectivity index (χ1v) is 17.0. The van der Waals surface area contributed by atoms with E-state index in [1.807, 2.05) is 43.9 Å². The molecule has 0 radical (unpaired) electrons. The number of amides is 4. The van der Waals surface area contributed by atoms with Gasteiger partial charge < -0.3 is 39.5 Å². The number of unbranched alkanes of at least 4 members (excludes halogenated alkanes) is 2. The fourth-order valence-corrected chi connectivity index (χ4v) is 5.31. The number of hydrogen-bond donors (Lipinski definition) is 1. The van der Waals surface area contributed by atoms with E-state index in [-0.39, 0.29) is 30.4 Å². The molecule has 2 aliphatic rings. The van der Waals surface area contributed by atoms with E-state index in [4.69, 9.17) is 19.9 Å². The standard InChI is InChI=1S/C18H27N3O3.C18H26N2O4/c1-2-3-8-21(18(23)20-9-11-24-12-10-20)14-15-4-6-16(7-5-15)17(22)13-19;1-3-4-9-20(18(22)19-10-12-24-13-11-19)14-15-5-7-16(8-6-15)17(21)23-2/h4-7H,2-3,8-14,19H2,1H3;5-8H,3-4,9-14H2,1-2H3. The molecule has 2 saturated heterocycles. The molecule has 0 atom stereocenters. The number of carbonyl (C=O) groups is 4. The lowest BCUT2D eigenvalue weighted by Gasteiger charge is -2.33. The van der Waals surface area contributed by atoms with Gasteiger partial charge in [-0.15, -0.1) is 0 Å². The molecule has 48 heavy (non-hydrogen) atoms. The molecule has 2 aromatic carbocycles. The van der Waals surface area contributed by atoms with Crippen LogP contribution in [0.1, 0.15) is 71.4 Å². The molecular weight excluding hydrogens is 614 g/mol. The summed E-state index contributed by atoms with van der Waals surface area (Å²) >= 11 is 0. The van der Waals surface area contributed by atoms with E-state index in [1.54, 1.807) is 24.3 Å². The number of methoxy groups -OCH3 is 1. The maximum Gasteiger partial charge on any atom is 0.337 e. The molecule has 0 spiro atoms. The molecule has 12 heteroatoms. The van der Waals surface area contributed by atoms with Crippen molar-refractivity contribution >= 4 is 23.8 Å². The van der Waals surface area contributed by atoms with Crippen molar-refractivity contribution in [3.63, 3.8) is 0 Å². The highest BCUT2D eigenvalue weighted by atomic mass is 16.5. The summed E-state index contributed by atoms with van der Waals surface area (Å²) in [7, 11) is 1.36. The third-order valence-corrected chi connectivity index (χ3v) is 8.25. The summed E-state index contributed by atoms with van der Waals surface area (Å²) in [4.78, 5) is 56.1. The van der Waals surface area contributed by atoms with E-state index in [1.165, 1.54) is 7.11 Å². The Morgan fingerprint density at radius 1 is 0.688 bits per heavy atom. The van der Waals surface area contributed by atoms with Crippen LogP contribution in [0.3, 0.4) is 0 Å². The summed E-state index contributed by atoms with van der Waals surface area (Å²) in [6, 6.07) is 14.7. The van der Waals surface area contributed by atoms with E-state index in [9.17, 15) is 19.2 Å². The maximum absolute atomic E-state index is 12.8. The van der Waals surface area contributed by atoms with Crippen LogP contribution >= 0.6 is 0 Å². The Bertz CT molecular complexity index is 1180. The molecule has 2 aromatic rings. The SMILES string of the molecule is CCCCN(Cc1ccc(C(=O)CN)cc1)C(=O)N1CCOCC1.CCCCN(Cc1ccc(C(=O)OC)cc1)C(=O)N1CCOCC1. The van der Waals surface area contributed by atoms with Crippen molar-refractivity contribution in [2.24, 2.45) is 5.73 Å². The summed E-state index contributed by atoms with van der Waals surface area (Å²) in [5.74, 6) is -0.428. The smallest absolute Gasteiger partial charge is 0.337 e. The predicted molar refractivity (Wildman–Crippen MR) is 184 cm³/mol. The Labute approximate surface area is 285 Å². The highest BCUT2D eigenvalue weighted by Gasteiger charge is 2.24. The molecule has 2 heterocycles. The molecule has 4 amide bonds. The molecule has 264 valence electrons. The van der Waals surface area contributed by atoms with Crippen LogP contribution < -0.4 is 5.73 Å². The van der Waals surface area contributed by atoms with Crippen LogP contribution in [0, 0.1) is 0 Å². The second kappa shape index (κ2) is 21.1. The van der Waals surface area contributed by atoms with Gasteiger partial charge in [-0.2, -0.15) is 0 Å². The Kier molecular flexibility index (Phi) is 16.9. The van der Waals surface area contributed by atoms with Crippen molar-refractivity contribution in [2.45, 2.75) is 52.6 Å². The molecule has 12 nitrogen and oxygen atoms in total. The number of urea groups is 2. The number of rotatable bonds is 13. The van der Waals surface area contributed by atoms with E-state index in [2.05, 4.69) is 13.8 Å². The highest BCUT2D eigenvalue weighted by molar-refractivity contribution is 5.97. The van der Waals surface area contributed by atoms with Gasteiger partial charge in [-0.25, -0.2) is 14.4 Å². The third-order valence-electron chi connectivity index (χ3n) is 8.25. The topological polar surface area (TPSA) is 135 Å². The Balaban J connectivity index is 0.000000260. The fraction of sp³-hybridized carbons (Fsp3) is 0.556. The van der Waals surface area contributed by atoms with Crippen LogP contribution in [-0.2, 0) is 27.3 Å². The van der Waals surface area contributed by atoms with Crippen LogP contribution in [0.5, 0.6) is 0 Å². The molecular formula is C36H53N5O7. The Hall–Kier alpha value is -4.00. The van der Waals surface area contributed by atoms with Crippen molar-refractivity contribution in [2.75, 3.05) is 79.4 Å². The van der Waals surface area contributed by atoms with Gasteiger partial charge in [0.1, 0.15) is 0 Å². The third kappa shape index (κ3) is 12.2. The van der Waals surface area contributed by atoms with E-state index < -0.39 is 0 Å². The largest absolute Gasteiger partial charge is 0.465 e. The normalized spacial score (nSPS) is 14.4. The molecule has 0 aromatic heterocycles. The average molecular weight is 668 g/mol. The van der Waals surface area contributed by atoms with Crippen LogP contribution in [0.25, 0.3) is 0 Å². The number of esters is 1. The first kappa shape index (κ1) is 38.4. The van der Waals surface area contributed by atoms with Gasteiger partial charge in [0.05, 0.1) is 45.6 Å². The number of carbonyl (C=O) groups excluding carboxylic acids is 4. The zero-order valence-corrected chi connectivity index (χ0v) is 28.9. The van der Waals surface area contributed by atoms with Gasteiger partial charge in [0.2, 0.25) is 0 Å². The number of ketones is 1. The van der Waals surface area contributed by atoms with Gasteiger partial charge >= 0.3 is 18.0 Å². The van der Waals surface area contributed by atoms with Gasteiger partial charge in [0.15, 0.2) is 5.78 Å². The number of morpholine rings is 2. The summed E-state index contributed by atoms with van der Waals surface area (Å²) in [5, 5.41) is 0. The Morgan fingerprint density at radius 2 is 1.08 bits per heavy atom. The Morgan fingerprint density at radius 3 is 1.44 bits per heavy atom. The van der Waals surface area contributed by atoms with Gasteiger partial charge in [-0.05, 0) is 36.1 Å². The molecule has 2 N–H and O–H groups in total. The minimum absolute atomic E-state index is 0.0114. The van der Waals surface area contributed by atoms with Crippen LogP contribution in [0.15, 0.2) is 48.5 Å². The number of benzene rings is 2. The quantitative estimate of drug-likeness (QED) is 0.245. The summed E-state index contributed by atoms with van der Waals surface area (Å²) < 4.78 is 15.3. The average Bonchev–Trinajstić information content (AvgIpc) is 3.15. The van der Waals surface area contributed by atoms with Gasteiger partial charge in [-0.1, -0.05) is 63.1 Å². The zero-order valence-electron chi connectivity index (χ0n) is 28.9. The van der Waals surface area contributed by atoms with Crippen molar-refractivity contribution in [3.8, 4) is 0 Å². The van der Waals surface area contributed by atoms with Crippen LogP contribution in [0.2, 0.25) is 0 Å². The lowest BCUT2D eigenvalue weighted by molar-refractivity contribution is 0.0424. The van der Waals surface area contributed by atoms with Gasteiger partial charge in [0.25, 0.3) is 0 Å². The molecule has 0 unspecified atom stereocenters. The fourth-order valence-electron chi connectivity index (χ4n) is 5.31. The summed E-state index contributed by atoms with van der Waals surface area (Å²) in [5.41, 5.74) is 8.52. The molecule has 0 bridgehead atoms. The number of nitrogens with two attached hydrogens (primary N) is 1. The predicted octanol–water partition coefficient (Wildman–Crippen LogP) is 4.41. The lowest BCUT2D eigenvalue weighted by Crippen LogP contribution is -2.48. The van der Waals surface area contributed by atoms with Crippen molar-refractivity contribution < 1.29 is 33.4 Å². The molecule has 0 saturated carbocycles. The molecule has 2 fully saturated rings. The minimum atomic E-state index is -0.353. The number of Topliss-reactive ketones (excluding diaryl/α,β-unsaturated/α-hetero) is 1. The maximum atomic E-state index is 12.8. The van der Waals surface area contributed by atoms with Gasteiger partial charge in [-0.3, -0.25) is 4.79 Å². The van der Waals surface area contributed by atoms with Crippen LogP contribution in [0.4, 0.5) is 9.59 Å². The van der Waals surface area contributed by atoms with Crippen molar-refractivity contribution in [1.29, 1.82) is 0 Å². The second-order valence-electron chi connectivity index (χ2n) is 11.8. The second-order valence-corrected chi connectivity index (χ2v) is 11.8. The van der Waals surface area contributed by atoms with Crippen molar-refractivity contribution in [1.82, 2.24) is 19.6 Å². The van der Waals surface area contributed by atoms with E-state index in [0.717, 1.165) is 49.9 Å². The first-order chi connectivity index (χ1) is 23.3. The molecule has 4 rings (SSSR count). The minimum Gasteiger partial charge on any atom is -0.465 e. The van der Waals surface area contributed by atoms with Crippen LogP contribution in [-0.4, -0.2) is 123 Å². The van der Waals surface area contributed by atoms with E-state index >= 15 is 0 Å². The van der Waals surface area contributed by atoms with E-state index in [0.29, 0.717) is 76.8 Å². The summed E-state index contributed by atoms with van der Waals surface area (Å²) in [6.07, 6.45) is 4.02. The first-order valence-electron chi connectivity index (χ1n) is 17.0. The lowest BCUT2D eigenvalue weighted by atomic mass is 10.1. The number of ether oxygens (including phenoxy) is 3. The molecule has 0 aliphatic carbocycles. The number of hydrogen-bond acceptors (Lipinski definition) is 8. The monoisotopic (exact) mass is 667 g/mol. The highest BCUT2D eigenvalue weighted by Crippen LogP contribution is 2.14.